The van der Waals surface area contributed by atoms with Gasteiger partial charge in [-0.3, -0.25) is 4.79 Å². The maximum atomic E-state index is 13.6. The molecule has 4 rings (SSSR count). The Balaban J connectivity index is 1.75. The predicted molar refractivity (Wildman–Crippen MR) is 152 cm³/mol. The van der Waals surface area contributed by atoms with Crippen LogP contribution in [0.25, 0.3) is 12.2 Å². The molecular weight excluding hydrogens is 478 g/mol. The number of ketones is 1. The van der Waals surface area contributed by atoms with Crippen molar-refractivity contribution < 1.29 is 13.2 Å². The standard InChI is InChI=1S/C32H35NO3S/c1-22(2)27-12-8-25(9-13-27)18-29-20-33(37(35,36)31-16-6-24(5)7-17-31)21-30(32(29)34)19-26-10-14-28(15-11-26)23(3)4/h6-19,22-23H,20-21H2,1-5H3. The van der Waals surface area contributed by atoms with Crippen LogP contribution in [0.3, 0.4) is 0 Å². The van der Waals surface area contributed by atoms with E-state index in [1.165, 1.54) is 15.4 Å². The SMILES string of the molecule is Cc1ccc(S(=O)(=O)N2CC(=Cc3ccc(C(C)C)cc3)C(=O)C(=Cc3ccc(C(C)C)cc3)C2)cc1. The highest BCUT2D eigenvalue weighted by Crippen LogP contribution is 2.28. The third-order valence-corrected chi connectivity index (χ3v) is 8.63. The van der Waals surface area contributed by atoms with Gasteiger partial charge in [-0.1, -0.05) is 93.9 Å². The molecule has 0 unspecified atom stereocenters. The average molecular weight is 514 g/mol. The van der Waals surface area contributed by atoms with Crippen molar-refractivity contribution in [2.45, 2.75) is 51.3 Å². The van der Waals surface area contributed by atoms with E-state index in [1.807, 2.05) is 43.3 Å². The molecule has 0 atom stereocenters. The lowest BCUT2D eigenvalue weighted by Gasteiger charge is -2.29. The number of sulfonamides is 1. The summed E-state index contributed by atoms with van der Waals surface area (Å²) in [5.74, 6) is 0.700. The second-order valence-electron chi connectivity index (χ2n) is 10.4. The van der Waals surface area contributed by atoms with E-state index in [9.17, 15) is 13.2 Å². The van der Waals surface area contributed by atoms with E-state index in [-0.39, 0.29) is 23.8 Å². The minimum Gasteiger partial charge on any atom is -0.289 e. The summed E-state index contributed by atoms with van der Waals surface area (Å²) in [6, 6.07) is 23.0. The van der Waals surface area contributed by atoms with Crippen LogP contribution in [0.1, 0.15) is 67.3 Å². The van der Waals surface area contributed by atoms with Gasteiger partial charge in [0.1, 0.15) is 0 Å². The molecule has 1 aliphatic heterocycles. The van der Waals surface area contributed by atoms with E-state index < -0.39 is 10.0 Å². The van der Waals surface area contributed by atoms with Gasteiger partial charge in [0.05, 0.1) is 4.90 Å². The summed E-state index contributed by atoms with van der Waals surface area (Å²) in [6.07, 6.45) is 3.64. The minimum atomic E-state index is -3.79. The van der Waals surface area contributed by atoms with Gasteiger partial charge < -0.3 is 0 Å². The van der Waals surface area contributed by atoms with Crippen molar-refractivity contribution in [3.8, 4) is 0 Å². The van der Waals surface area contributed by atoms with Crippen LogP contribution in [0, 0.1) is 6.92 Å². The van der Waals surface area contributed by atoms with E-state index in [2.05, 4.69) is 52.0 Å². The first-order valence-corrected chi connectivity index (χ1v) is 14.2. The lowest BCUT2D eigenvalue weighted by Crippen LogP contribution is -2.41. The number of nitrogens with zero attached hydrogens (tertiary/aromatic N) is 1. The van der Waals surface area contributed by atoms with Crippen molar-refractivity contribution in [1.82, 2.24) is 4.31 Å². The number of aryl methyl sites for hydroxylation is 1. The molecule has 1 heterocycles. The number of benzene rings is 3. The first kappa shape index (κ1) is 26.8. The highest BCUT2D eigenvalue weighted by Gasteiger charge is 2.34. The zero-order chi connectivity index (χ0) is 26.7. The molecule has 37 heavy (non-hydrogen) atoms. The van der Waals surface area contributed by atoms with Crippen molar-refractivity contribution in [2.75, 3.05) is 13.1 Å². The molecule has 0 N–H and O–H groups in total. The van der Waals surface area contributed by atoms with Gasteiger partial charge >= 0.3 is 0 Å². The molecule has 5 heteroatoms. The lowest BCUT2D eigenvalue weighted by atomic mass is 9.94. The van der Waals surface area contributed by atoms with Gasteiger partial charge in [0, 0.05) is 24.2 Å². The summed E-state index contributed by atoms with van der Waals surface area (Å²) in [6.45, 7) is 10.5. The van der Waals surface area contributed by atoms with Crippen LogP contribution in [0.15, 0.2) is 88.8 Å². The minimum absolute atomic E-state index is 0.0323. The summed E-state index contributed by atoms with van der Waals surface area (Å²) in [7, 11) is -3.79. The Kier molecular flexibility index (Phi) is 7.96. The molecule has 0 bridgehead atoms. The number of piperidine rings is 1. The lowest BCUT2D eigenvalue weighted by molar-refractivity contribution is -0.113. The molecule has 0 amide bonds. The topological polar surface area (TPSA) is 54.5 Å². The van der Waals surface area contributed by atoms with E-state index in [0.717, 1.165) is 16.7 Å². The molecule has 3 aromatic rings. The molecule has 0 spiro atoms. The largest absolute Gasteiger partial charge is 0.289 e. The van der Waals surface area contributed by atoms with E-state index in [1.54, 1.807) is 24.3 Å². The first-order valence-electron chi connectivity index (χ1n) is 12.8. The third kappa shape index (κ3) is 6.17. The zero-order valence-electron chi connectivity index (χ0n) is 22.2. The van der Waals surface area contributed by atoms with Crippen LogP contribution in [0.2, 0.25) is 0 Å². The Morgan fingerprint density at radius 2 is 1.08 bits per heavy atom. The van der Waals surface area contributed by atoms with Crippen LogP contribution in [0.5, 0.6) is 0 Å². The smallest absolute Gasteiger partial charge is 0.243 e. The molecule has 0 aliphatic carbocycles. The van der Waals surface area contributed by atoms with Crippen molar-refractivity contribution >= 4 is 28.0 Å². The fourth-order valence-corrected chi connectivity index (χ4v) is 5.79. The fourth-order valence-electron chi connectivity index (χ4n) is 4.39. The molecule has 4 nitrogen and oxygen atoms in total. The van der Waals surface area contributed by atoms with Crippen molar-refractivity contribution in [3.05, 3.63) is 112 Å². The number of rotatable bonds is 6. The van der Waals surface area contributed by atoms with Gasteiger partial charge in [0.15, 0.2) is 5.78 Å². The summed E-state index contributed by atoms with van der Waals surface area (Å²) < 4.78 is 28.6. The van der Waals surface area contributed by atoms with Gasteiger partial charge in [-0.25, -0.2) is 8.42 Å². The van der Waals surface area contributed by atoms with Crippen molar-refractivity contribution in [3.63, 3.8) is 0 Å². The fraction of sp³-hybridized carbons (Fsp3) is 0.281. The highest BCUT2D eigenvalue weighted by molar-refractivity contribution is 7.89. The molecule has 0 aromatic heterocycles. The summed E-state index contributed by atoms with van der Waals surface area (Å²) >= 11 is 0. The second-order valence-corrected chi connectivity index (χ2v) is 12.3. The molecule has 0 saturated carbocycles. The van der Waals surface area contributed by atoms with Crippen LogP contribution in [-0.4, -0.2) is 31.6 Å². The molecule has 1 saturated heterocycles. The van der Waals surface area contributed by atoms with Crippen molar-refractivity contribution in [2.24, 2.45) is 0 Å². The predicted octanol–water partition coefficient (Wildman–Crippen LogP) is 6.98. The monoisotopic (exact) mass is 513 g/mol. The number of hydrogen-bond acceptors (Lipinski definition) is 3. The molecular formula is C32H35NO3S. The Hall–Kier alpha value is -3.28. The summed E-state index contributed by atoms with van der Waals surface area (Å²) in [4.78, 5) is 13.8. The first-order chi connectivity index (χ1) is 17.5. The normalized spacial score (nSPS) is 17.3. The van der Waals surface area contributed by atoms with Crippen LogP contribution in [-0.2, 0) is 14.8 Å². The molecule has 1 fully saturated rings. The Bertz CT molecular complexity index is 1350. The van der Waals surface area contributed by atoms with Crippen LogP contribution >= 0.6 is 0 Å². The van der Waals surface area contributed by atoms with E-state index in [4.69, 9.17) is 0 Å². The van der Waals surface area contributed by atoms with Crippen molar-refractivity contribution in [1.29, 1.82) is 0 Å². The van der Waals surface area contributed by atoms with E-state index in [0.29, 0.717) is 23.0 Å². The number of carbonyl (C=O) groups is 1. The quantitative estimate of drug-likeness (QED) is 0.334. The summed E-state index contributed by atoms with van der Waals surface area (Å²) in [5.41, 5.74) is 6.10. The Labute approximate surface area is 221 Å². The van der Waals surface area contributed by atoms with Gasteiger partial charge in [0.2, 0.25) is 10.0 Å². The molecule has 192 valence electrons. The third-order valence-electron chi connectivity index (χ3n) is 6.82. The van der Waals surface area contributed by atoms with Gasteiger partial charge in [-0.15, -0.1) is 0 Å². The maximum Gasteiger partial charge on any atom is 0.243 e. The molecule has 1 aliphatic rings. The number of Topliss-reactive ketones (excluding diaryl/α,β-unsaturated/α-hetero) is 1. The van der Waals surface area contributed by atoms with Gasteiger partial charge in [0.25, 0.3) is 0 Å². The summed E-state index contributed by atoms with van der Waals surface area (Å²) in [5, 5.41) is 0. The average Bonchev–Trinajstić information content (AvgIpc) is 2.87. The Morgan fingerprint density at radius 1 is 0.676 bits per heavy atom. The molecule has 3 aromatic carbocycles. The highest BCUT2D eigenvalue weighted by atomic mass is 32.2. The van der Waals surface area contributed by atoms with Crippen LogP contribution < -0.4 is 0 Å². The number of carbonyl (C=O) groups excluding carboxylic acids is 1. The Morgan fingerprint density at radius 3 is 1.46 bits per heavy atom. The van der Waals surface area contributed by atoms with Gasteiger partial charge in [-0.2, -0.15) is 4.31 Å². The molecule has 0 radical (unpaired) electrons. The number of hydrogen-bond donors (Lipinski definition) is 0. The van der Waals surface area contributed by atoms with Gasteiger partial charge in [-0.05, 0) is 65.3 Å². The second kappa shape index (κ2) is 11.0. The van der Waals surface area contributed by atoms with E-state index >= 15 is 0 Å². The zero-order valence-corrected chi connectivity index (χ0v) is 23.0. The maximum absolute atomic E-state index is 13.6. The van der Waals surface area contributed by atoms with Crippen LogP contribution in [0.4, 0.5) is 0 Å².